The second-order valence-corrected chi connectivity index (χ2v) is 6.51. The van der Waals surface area contributed by atoms with Crippen LogP contribution in [0.25, 0.3) is 0 Å². The van der Waals surface area contributed by atoms with Crippen molar-refractivity contribution in [1.82, 2.24) is 0 Å². The van der Waals surface area contributed by atoms with Gasteiger partial charge >= 0.3 is 6.03 Å². The van der Waals surface area contributed by atoms with Crippen molar-refractivity contribution in [1.29, 1.82) is 0 Å². The number of nitrogens with one attached hydrogen (secondary N) is 2. The van der Waals surface area contributed by atoms with Crippen LogP contribution in [0.15, 0.2) is 53.0 Å². The van der Waals surface area contributed by atoms with Crippen LogP contribution in [0.2, 0.25) is 0 Å². The Morgan fingerprint density at radius 1 is 0.913 bits per heavy atom. The van der Waals surface area contributed by atoms with Crippen LogP contribution in [0.4, 0.5) is 21.9 Å². The summed E-state index contributed by atoms with van der Waals surface area (Å²) in [6, 6.07) is 15.3. The number of amides is 2. The lowest BCUT2D eigenvalue weighted by Crippen LogP contribution is -2.29. The van der Waals surface area contributed by atoms with Gasteiger partial charge in [0.15, 0.2) is 0 Å². The maximum Gasteiger partial charge on any atom is 0.323 e. The van der Waals surface area contributed by atoms with Crippen molar-refractivity contribution in [2.45, 2.75) is 19.3 Å². The zero-order valence-electron chi connectivity index (χ0n) is 12.9. The lowest BCUT2D eigenvalue weighted by Gasteiger charge is -2.28. The number of carbonyl (C=O) groups is 1. The molecule has 120 valence electrons. The number of benzene rings is 2. The largest absolute Gasteiger partial charge is 0.372 e. The average molecular weight is 374 g/mol. The Labute approximate surface area is 145 Å². The normalized spacial score (nSPS) is 14.4. The quantitative estimate of drug-likeness (QED) is 0.787. The third-order valence-electron chi connectivity index (χ3n) is 3.97. The van der Waals surface area contributed by atoms with Crippen LogP contribution < -0.4 is 15.5 Å². The molecule has 1 saturated heterocycles. The van der Waals surface area contributed by atoms with Crippen LogP contribution in [0.1, 0.15) is 19.3 Å². The zero-order valence-corrected chi connectivity index (χ0v) is 14.5. The van der Waals surface area contributed by atoms with Crippen LogP contribution in [0, 0.1) is 0 Å². The van der Waals surface area contributed by atoms with Gasteiger partial charge in [0.05, 0.1) is 5.69 Å². The van der Waals surface area contributed by atoms with Crippen molar-refractivity contribution in [2.24, 2.45) is 0 Å². The number of halogens is 1. The van der Waals surface area contributed by atoms with Gasteiger partial charge in [0.25, 0.3) is 0 Å². The molecular formula is C18H20BrN3O. The summed E-state index contributed by atoms with van der Waals surface area (Å²) in [5, 5.41) is 5.69. The van der Waals surface area contributed by atoms with E-state index in [0.29, 0.717) is 0 Å². The molecule has 0 unspecified atom stereocenters. The highest BCUT2D eigenvalue weighted by Gasteiger charge is 2.11. The van der Waals surface area contributed by atoms with E-state index in [2.05, 4.69) is 43.6 Å². The van der Waals surface area contributed by atoms with Gasteiger partial charge in [0.2, 0.25) is 0 Å². The van der Waals surface area contributed by atoms with Crippen molar-refractivity contribution < 1.29 is 4.79 Å². The van der Waals surface area contributed by atoms with Crippen molar-refractivity contribution in [3.05, 3.63) is 53.0 Å². The zero-order chi connectivity index (χ0) is 16.1. The number of hydrogen-bond donors (Lipinski definition) is 2. The first-order valence-corrected chi connectivity index (χ1v) is 8.69. The molecule has 0 bridgehead atoms. The molecule has 2 aromatic rings. The van der Waals surface area contributed by atoms with Gasteiger partial charge in [0.1, 0.15) is 0 Å². The van der Waals surface area contributed by atoms with Crippen LogP contribution in [0.3, 0.4) is 0 Å². The van der Waals surface area contributed by atoms with Crippen molar-refractivity contribution in [2.75, 3.05) is 28.6 Å². The minimum absolute atomic E-state index is 0.248. The van der Waals surface area contributed by atoms with Crippen LogP contribution in [-0.2, 0) is 0 Å². The van der Waals surface area contributed by atoms with Crippen molar-refractivity contribution in [3.8, 4) is 0 Å². The fraction of sp³-hybridized carbons (Fsp3) is 0.278. The molecule has 1 fully saturated rings. The average Bonchev–Trinajstić information content (AvgIpc) is 2.58. The molecule has 5 heteroatoms. The number of urea groups is 1. The van der Waals surface area contributed by atoms with E-state index in [1.165, 1.54) is 24.9 Å². The first-order valence-electron chi connectivity index (χ1n) is 7.90. The molecule has 0 aliphatic carbocycles. The van der Waals surface area contributed by atoms with Gasteiger partial charge in [-0.15, -0.1) is 0 Å². The van der Waals surface area contributed by atoms with Gasteiger partial charge in [-0.2, -0.15) is 0 Å². The summed E-state index contributed by atoms with van der Waals surface area (Å²) in [5.74, 6) is 0. The fourth-order valence-corrected chi connectivity index (χ4v) is 3.14. The smallest absolute Gasteiger partial charge is 0.323 e. The summed E-state index contributed by atoms with van der Waals surface area (Å²) in [6.45, 7) is 2.24. The monoisotopic (exact) mass is 373 g/mol. The number of nitrogens with zero attached hydrogens (tertiary/aromatic N) is 1. The second kappa shape index (κ2) is 7.51. The molecule has 0 aromatic heterocycles. The van der Waals surface area contributed by atoms with Gasteiger partial charge in [-0.25, -0.2) is 4.79 Å². The minimum Gasteiger partial charge on any atom is -0.372 e. The molecule has 0 atom stereocenters. The highest BCUT2D eigenvalue weighted by Crippen LogP contribution is 2.23. The predicted octanol–water partition coefficient (Wildman–Crippen LogP) is 5.08. The van der Waals surface area contributed by atoms with E-state index in [1.54, 1.807) is 0 Å². The maximum absolute atomic E-state index is 12.1. The lowest BCUT2D eigenvalue weighted by atomic mass is 10.1. The lowest BCUT2D eigenvalue weighted by molar-refractivity contribution is 0.262. The Balaban J connectivity index is 1.59. The van der Waals surface area contributed by atoms with Gasteiger partial charge in [-0.1, -0.05) is 12.1 Å². The molecule has 1 aliphatic heterocycles. The first-order chi connectivity index (χ1) is 11.2. The number of piperidine rings is 1. The van der Waals surface area contributed by atoms with E-state index in [1.807, 2.05) is 36.4 Å². The molecule has 2 amide bonds. The molecule has 23 heavy (non-hydrogen) atoms. The summed E-state index contributed by atoms with van der Waals surface area (Å²) in [5.41, 5.74) is 2.76. The second-order valence-electron chi connectivity index (χ2n) is 5.65. The topological polar surface area (TPSA) is 44.4 Å². The third kappa shape index (κ3) is 4.26. The summed E-state index contributed by atoms with van der Waals surface area (Å²) in [6.07, 6.45) is 3.84. The maximum atomic E-state index is 12.1. The highest BCUT2D eigenvalue weighted by molar-refractivity contribution is 9.10. The first kappa shape index (κ1) is 15.9. The van der Waals surface area contributed by atoms with E-state index in [0.717, 1.165) is 28.9 Å². The van der Waals surface area contributed by atoms with E-state index in [9.17, 15) is 4.79 Å². The van der Waals surface area contributed by atoms with E-state index in [-0.39, 0.29) is 6.03 Å². The Hall–Kier alpha value is -2.01. The number of carbonyl (C=O) groups excluding carboxylic acids is 1. The molecule has 2 N–H and O–H groups in total. The van der Waals surface area contributed by atoms with Crippen molar-refractivity contribution in [3.63, 3.8) is 0 Å². The summed E-state index contributed by atoms with van der Waals surface area (Å²) >= 11 is 3.42. The SMILES string of the molecule is O=C(Nc1ccc(N2CCCCC2)cc1)Nc1ccccc1Br. The summed E-state index contributed by atoms with van der Waals surface area (Å²) < 4.78 is 0.857. The van der Waals surface area contributed by atoms with Crippen LogP contribution in [0.5, 0.6) is 0 Å². The van der Waals surface area contributed by atoms with E-state index < -0.39 is 0 Å². The van der Waals surface area contributed by atoms with E-state index in [4.69, 9.17) is 0 Å². The Morgan fingerprint density at radius 2 is 1.61 bits per heavy atom. The van der Waals surface area contributed by atoms with Gasteiger partial charge < -0.3 is 15.5 Å². The Morgan fingerprint density at radius 3 is 2.30 bits per heavy atom. The van der Waals surface area contributed by atoms with Crippen molar-refractivity contribution >= 4 is 39.0 Å². The molecule has 0 spiro atoms. The van der Waals surface area contributed by atoms with Crippen LogP contribution in [-0.4, -0.2) is 19.1 Å². The standard InChI is InChI=1S/C18H20BrN3O/c19-16-6-2-3-7-17(16)21-18(23)20-14-8-10-15(11-9-14)22-12-4-1-5-13-22/h2-3,6-11H,1,4-5,12-13H2,(H2,20,21,23). The molecule has 2 aromatic carbocycles. The molecule has 4 nitrogen and oxygen atoms in total. The Kier molecular flexibility index (Phi) is 5.18. The molecule has 1 heterocycles. The highest BCUT2D eigenvalue weighted by atomic mass is 79.9. The number of hydrogen-bond acceptors (Lipinski definition) is 2. The summed E-state index contributed by atoms with van der Waals surface area (Å²) in [4.78, 5) is 14.5. The van der Waals surface area contributed by atoms with Gasteiger partial charge in [-0.3, -0.25) is 0 Å². The predicted molar refractivity (Wildman–Crippen MR) is 99.3 cm³/mol. The fourth-order valence-electron chi connectivity index (χ4n) is 2.75. The minimum atomic E-state index is -0.248. The number of para-hydroxylation sites is 1. The molecule has 1 aliphatic rings. The molecule has 0 radical (unpaired) electrons. The number of rotatable bonds is 3. The third-order valence-corrected chi connectivity index (χ3v) is 4.66. The number of anilines is 3. The van der Waals surface area contributed by atoms with Gasteiger partial charge in [-0.05, 0) is 71.6 Å². The van der Waals surface area contributed by atoms with Gasteiger partial charge in [0, 0.05) is 28.9 Å². The molecule has 3 rings (SSSR count). The summed E-state index contributed by atoms with van der Waals surface area (Å²) in [7, 11) is 0. The molecule has 0 saturated carbocycles. The van der Waals surface area contributed by atoms with Crippen LogP contribution >= 0.6 is 15.9 Å². The van der Waals surface area contributed by atoms with E-state index >= 15 is 0 Å². The Bertz CT molecular complexity index is 666. The molecular weight excluding hydrogens is 354 g/mol.